The van der Waals surface area contributed by atoms with E-state index >= 15 is 0 Å². The van der Waals surface area contributed by atoms with Gasteiger partial charge in [0, 0.05) is 12.8 Å². The van der Waals surface area contributed by atoms with Crippen LogP contribution in [-0.2, 0) is 28.5 Å². The van der Waals surface area contributed by atoms with Crippen LogP contribution in [-0.4, -0.2) is 89.0 Å². The molecule has 6 atom stereocenters. The highest BCUT2D eigenvalue weighted by Crippen LogP contribution is 2.22. The van der Waals surface area contributed by atoms with Gasteiger partial charge >= 0.3 is 11.9 Å². The normalized spacial score (nSPS) is 21.9. The van der Waals surface area contributed by atoms with Crippen molar-refractivity contribution in [1.82, 2.24) is 0 Å². The van der Waals surface area contributed by atoms with Gasteiger partial charge < -0.3 is 39.4 Å². The molecule has 0 aromatic carbocycles. The van der Waals surface area contributed by atoms with E-state index in [4.69, 9.17) is 18.9 Å². The van der Waals surface area contributed by atoms with E-state index in [1.165, 1.54) is 96.3 Å². The summed E-state index contributed by atoms with van der Waals surface area (Å²) >= 11 is 0. The van der Waals surface area contributed by atoms with Crippen molar-refractivity contribution in [1.29, 1.82) is 0 Å². The first kappa shape index (κ1) is 43.7. The molecule has 1 saturated heterocycles. The highest BCUT2D eigenvalue weighted by Gasteiger charge is 2.44. The Balaban J connectivity index is 2.40. The van der Waals surface area contributed by atoms with Gasteiger partial charge in [-0.3, -0.25) is 9.59 Å². The van der Waals surface area contributed by atoms with Gasteiger partial charge in [-0.1, -0.05) is 142 Å². The lowest BCUT2D eigenvalue weighted by atomic mass is 9.99. The third-order valence-electron chi connectivity index (χ3n) is 8.99. The molecule has 4 unspecified atom stereocenters. The third kappa shape index (κ3) is 22.1. The van der Waals surface area contributed by atoms with Crippen molar-refractivity contribution in [2.24, 2.45) is 0 Å². The highest BCUT2D eigenvalue weighted by atomic mass is 16.7. The summed E-state index contributed by atoms with van der Waals surface area (Å²) in [6.45, 7) is 3.39. The minimum Gasteiger partial charge on any atom is -0.462 e. The number of aliphatic hydroxyl groups excluding tert-OH is 4. The predicted molar refractivity (Wildman–Crippen MR) is 183 cm³/mol. The summed E-state index contributed by atoms with van der Waals surface area (Å²) < 4.78 is 22.0. The fourth-order valence-electron chi connectivity index (χ4n) is 5.89. The van der Waals surface area contributed by atoms with Gasteiger partial charge in [-0.2, -0.15) is 0 Å². The predicted octanol–water partition coefficient (Wildman–Crippen LogP) is 6.66. The van der Waals surface area contributed by atoms with Crippen molar-refractivity contribution in [2.45, 2.75) is 205 Å². The maximum atomic E-state index is 12.6. The minimum atomic E-state index is -1.59. The lowest BCUT2D eigenvalue weighted by Crippen LogP contribution is -2.59. The van der Waals surface area contributed by atoms with Crippen molar-refractivity contribution < 1.29 is 49.0 Å². The topological polar surface area (TPSA) is 152 Å². The molecule has 1 aliphatic rings. The first-order valence-electron chi connectivity index (χ1n) is 19.1. The van der Waals surface area contributed by atoms with Crippen LogP contribution in [0.3, 0.4) is 0 Å². The number of ether oxygens (including phenoxy) is 4. The van der Waals surface area contributed by atoms with E-state index in [-0.39, 0.29) is 32.0 Å². The molecule has 0 amide bonds. The Bertz CT molecular complexity index is 749. The van der Waals surface area contributed by atoms with Gasteiger partial charge in [0.05, 0.1) is 13.2 Å². The van der Waals surface area contributed by atoms with E-state index in [0.29, 0.717) is 6.42 Å². The first-order valence-corrected chi connectivity index (χ1v) is 19.1. The van der Waals surface area contributed by atoms with Crippen molar-refractivity contribution in [3.63, 3.8) is 0 Å². The molecule has 10 nitrogen and oxygen atoms in total. The third-order valence-corrected chi connectivity index (χ3v) is 8.99. The molecule has 0 aliphatic carbocycles. The zero-order chi connectivity index (χ0) is 34.5. The molecule has 0 aromatic rings. The smallest absolute Gasteiger partial charge is 0.306 e. The molecule has 0 radical (unpaired) electrons. The molecule has 1 aliphatic heterocycles. The molecule has 47 heavy (non-hydrogen) atoms. The second kappa shape index (κ2) is 29.6. The lowest BCUT2D eigenvalue weighted by molar-refractivity contribution is -0.305. The standard InChI is InChI=1S/C37H70O10/c1-3-5-7-9-11-13-15-17-19-21-23-25-32(39)44-28-30(29-45-37-36(43)35(42)34(41)31(27-38)47-37)46-33(40)26-24-22-20-18-16-14-12-10-8-6-4-2/h30-31,34-38,41-43H,3-29H2,1-2H3/t30?,31?,34-,35?,36?,37+/m0/s1. The van der Waals surface area contributed by atoms with Gasteiger partial charge in [0.2, 0.25) is 0 Å². The SMILES string of the molecule is CCCCCCCCCCCCCC(=O)OCC(CO[C@@H]1OC(CO)[C@H](O)C(O)C1O)OC(=O)CCCCCCCCCCCCC. The molecule has 1 heterocycles. The molecule has 4 N–H and O–H groups in total. The van der Waals surface area contributed by atoms with Crippen molar-refractivity contribution in [3.8, 4) is 0 Å². The van der Waals surface area contributed by atoms with Gasteiger partial charge in [-0.05, 0) is 12.8 Å². The monoisotopic (exact) mass is 674 g/mol. The van der Waals surface area contributed by atoms with Gasteiger partial charge in [0.15, 0.2) is 12.4 Å². The number of hydrogen-bond acceptors (Lipinski definition) is 10. The maximum absolute atomic E-state index is 12.6. The van der Waals surface area contributed by atoms with E-state index in [9.17, 15) is 30.0 Å². The molecular weight excluding hydrogens is 604 g/mol. The van der Waals surface area contributed by atoms with Crippen LogP contribution in [0.4, 0.5) is 0 Å². The summed E-state index contributed by atoms with van der Waals surface area (Å²) in [5, 5.41) is 39.8. The Morgan fingerprint density at radius 3 is 1.45 bits per heavy atom. The highest BCUT2D eigenvalue weighted by molar-refractivity contribution is 5.70. The Morgan fingerprint density at radius 1 is 0.574 bits per heavy atom. The van der Waals surface area contributed by atoms with Crippen molar-refractivity contribution in [3.05, 3.63) is 0 Å². The summed E-state index contributed by atoms with van der Waals surface area (Å²) in [4.78, 5) is 25.1. The average molecular weight is 675 g/mol. The van der Waals surface area contributed by atoms with Crippen molar-refractivity contribution >= 4 is 11.9 Å². The molecule has 278 valence electrons. The number of hydrogen-bond donors (Lipinski definition) is 4. The number of carbonyl (C=O) groups is 2. The average Bonchev–Trinajstić information content (AvgIpc) is 3.06. The van der Waals surface area contributed by atoms with Crippen LogP contribution in [0.25, 0.3) is 0 Å². The van der Waals surface area contributed by atoms with Gasteiger partial charge in [0.25, 0.3) is 0 Å². The van der Waals surface area contributed by atoms with E-state index in [1.54, 1.807) is 0 Å². The maximum Gasteiger partial charge on any atom is 0.306 e. The number of esters is 2. The fraction of sp³-hybridized carbons (Fsp3) is 0.946. The Labute approximate surface area is 285 Å². The zero-order valence-electron chi connectivity index (χ0n) is 29.8. The number of carbonyl (C=O) groups excluding carboxylic acids is 2. The molecule has 0 spiro atoms. The molecule has 0 saturated carbocycles. The molecule has 0 aromatic heterocycles. The summed E-state index contributed by atoms with van der Waals surface area (Å²) in [6, 6.07) is 0. The van der Waals surface area contributed by atoms with Crippen LogP contribution in [0.5, 0.6) is 0 Å². The van der Waals surface area contributed by atoms with Crippen LogP contribution >= 0.6 is 0 Å². The number of unbranched alkanes of at least 4 members (excludes halogenated alkanes) is 20. The van der Waals surface area contributed by atoms with Crippen LogP contribution < -0.4 is 0 Å². The number of aliphatic hydroxyl groups is 4. The molecule has 1 rings (SSSR count). The van der Waals surface area contributed by atoms with E-state index < -0.39 is 49.4 Å². The van der Waals surface area contributed by atoms with E-state index in [2.05, 4.69) is 13.8 Å². The van der Waals surface area contributed by atoms with E-state index in [1.807, 2.05) is 0 Å². The zero-order valence-corrected chi connectivity index (χ0v) is 29.8. The summed E-state index contributed by atoms with van der Waals surface area (Å²) in [5.41, 5.74) is 0. The fourth-order valence-corrected chi connectivity index (χ4v) is 5.89. The second-order valence-electron chi connectivity index (χ2n) is 13.4. The lowest BCUT2D eigenvalue weighted by Gasteiger charge is -2.39. The second-order valence-corrected chi connectivity index (χ2v) is 13.4. The number of rotatable bonds is 31. The quantitative estimate of drug-likeness (QED) is 0.0464. The first-order chi connectivity index (χ1) is 22.8. The molecule has 0 bridgehead atoms. The molecule has 1 fully saturated rings. The Morgan fingerprint density at radius 2 is 1.00 bits per heavy atom. The van der Waals surface area contributed by atoms with Crippen LogP contribution in [0, 0.1) is 0 Å². The van der Waals surface area contributed by atoms with Crippen LogP contribution in [0.15, 0.2) is 0 Å². The summed E-state index contributed by atoms with van der Waals surface area (Å²) in [7, 11) is 0. The Kier molecular flexibility index (Phi) is 27.5. The molecular formula is C37H70O10. The van der Waals surface area contributed by atoms with E-state index in [0.717, 1.165) is 38.5 Å². The van der Waals surface area contributed by atoms with Gasteiger partial charge in [-0.25, -0.2) is 0 Å². The van der Waals surface area contributed by atoms with Gasteiger partial charge in [0.1, 0.15) is 31.0 Å². The van der Waals surface area contributed by atoms with Crippen LogP contribution in [0.1, 0.15) is 168 Å². The van der Waals surface area contributed by atoms with Gasteiger partial charge in [-0.15, -0.1) is 0 Å². The largest absolute Gasteiger partial charge is 0.462 e. The Hall–Kier alpha value is -1.30. The molecule has 10 heteroatoms. The van der Waals surface area contributed by atoms with Crippen LogP contribution in [0.2, 0.25) is 0 Å². The van der Waals surface area contributed by atoms with Crippen molar-refractivity contribution in [2.75, 3.05) is 19.8 Å². The summed E-state index contributed by atoms with van der Waals surface area (Å²) in [5.74, 6) is -0.801. The minimum absolute atomic E-state index is 0.210. The summed E-state index contributed by atoms with van der Waals surface area (Å²) in [6.07, 6.45) is 18.3.